The highest BCUT2D eigenvalue weighted by atomic mass is 14.8. The molecule has 2 nitrogen and oxygen atoms in total. The Bertz CT molecular complexity index is 352. The van der Waals surface area contributed by atoms with E-state index in [-0.39, 0.29) is 0 Å². The third kappa shape index (κ3) is 2.13. The van der Waals surface area contributed by atoms with Gasteiger partial charge in [0.1, 0.15) is 0 Å². The second-order valence-corrected chi connectivity index (χ2v) is 3.95. The molecule has 0 saturated heterocycles. The van der Waals surface area contributed by atoms with Crippen LogP contribution in [0.4, 0.5) is 5.69 Å². The second-order valence-electron chi connectivity index (χ2n) is 3.95. The van der Waals surface area contributed by atoms with E-state index in [1.807, 2.05) is 0 Å². The molecule has 0 aromatic heterocycles. The lowest BCUT2D eigenvalue weighted by Gasteiger charge is -2.12. The maximum absolute atomic E-state index is 5.34. The summed E-state index contributed by atoms with van der Waals surface area (Å²) in [5.41, 5.74) is 10.1. The van der Waals surface area contributed by atoms with Gasteiger partial charge in [-0.05, 0) is 30.9 Å². The van der Waals surface area contributed by atoms with Crippen molar-refractivity contribution in [1.82, 2.24) is 0 Å². The maximum atomic E-state index is 5.34. The predicted octanol–water partition coefficient (Wildman–Crippen LogP) is 3.05. The van der Waals surface area contributed by atoms with E-state index < -0.39 is 0 Å². The number of nitrogens with zero attached hydrogens (tertiary/aromatic N) is 1. The fourth-order valence-corrected chi connectivity index (χ4v) is 1.68. The van der Waals surface area contributed by atoms with Crippen molar-refractivity contribution in [2.75, 3.05) is 0 Å². The van der Waals surface area contributed by atoms with Gasteiger partial charge in [0.05, 0.1) is 12.0 Å². The first-order chi connectivity index (χ1) is 6.56. The zero-order chi connectivity index (χ0) is 10.7. The van der Waals surface area contributed by atoms with Crippen molar-refractivity contribution in [3.05, 3.63) is 28.8 Å². The molecular weight excluding hydrogens is 172 g/mol. The molecule has 0 aliphatic heterocycles. The molecule has 0 fully saturated rings. The first-order valence-corrected chi connectivity index (χ1v) is 4.91. The monoisotopic (exact) mass is 190 g/mol. The van der Waals surface area contributed by atoms with Gasteiger partial charge in [0.15, 0.2) is 0 Å². The minimum absolute atomic E-state index is 0.479. The third-order valence-corrected chi connectivity index (χ3v) is 2.30. The molecule has 0 atom stereocenters. The summed E-state index contributed by atoms with van der Waals surface area (Å²) in [6.45, 7) is 8.52. The fourth-order valence-electron chi connectivity index (χ4n) is 1.68. The van der Waals surface area contributed by atoms with Crippen LogP contribution >= 0.6 is 0 Å². The van der Waals surface area contributed by atoms with E-state index in [4.69, 9.17) is 5.73 Å². The van der Waals surface area contributed by atoms with Gasteiger partial charge in [-0.1, -0.05) is 31.5 Å². The summed E-state index contributed by atoms with van der Waals surface area (Å²) in [5.74, 6) is 0.479. The van der Waals surface area contributed by atoms with Crippen molar-refractivity contribution in [3.63, 3.8) is 0 Å². The van der Waals surface area contributed by atoms with Crippen molar-refractivity contribution in [1.29, 1.82) is 0 Å². The molecule has 0 aliphatic rings. The average Bonchev–Trinajstić information content (AvgIpc) is 2.09. The van der Waals surface area contributed by atoms with Crippen molar-refractivity contribution < 1.29 is 0 Å². The zero-order valence-electron chi connectivity index (χ0n) is 9.33. The highest BCUT2D eigenvalue weighted by molar-refractivity contribution is 5.65. The molecule has 1 rings (SSSR count). The van der Waals surface area contributed by atoms with E-state index in [1.54, 1.807) is 0 Å². The van der Waals surface area contributed by atoms with E-state index >= 15 is 0 Å². The van der Waals surface area contributed by atoms with E-state index in [1.165, 1.54) is 23.0 Å². The molecule has 0 bridgehead atoms. The topological polar surface area (TPSA) is 38.4 Å². The molecule has 0 amide bonds. The Morgan fingerprint density at radius 1 is 1.29 bits per heavy atom. The molecule has 0 saturated carbocycles. The minimum Gasteiger partial charge on any atom is -0.390 e. The van der Waals surface area contributed by atoms with Crippen LogP contribution < -0.4 is 5.73 Å². The Hall–Kier alpha value is -1.31. The number of hydrogen-bond donors (Lipinski definition) is 1. The smallest absolute Gasteiger partial charge is 0.0860 e. The van der Waals surface area contributed by atoms with Gasteiger partial charge in [0.2, 0.25) is 0 Å². The molecule has 14 heavy (non-hydrogen) atoms. The third-order valence-electron chi connectivity index (χ3n) is 2.30. The molecule has 0 radical (unpaired) electrons. The zero-order valence-corrected chi connectivity index (χ0v) is 9.33. The van der Waals surface area contributed by atoms with E-state index in [0.29, 0.717) is 5.92 Å². The Labute approximate surface area is 85.9 Å². The highest BCUT2D eigenvalue weighted by Gasteiger charge is 2.08. The molecule has 0 heterocycles. The normalized spacial score (nSPS) is 11.5. The summed E-state index contributed by atoms with van der Waals surface area (Å²) in [6, 6.07) is 4.31. The molecule has 0 unspecified atom stereocenters. The predicted molar refractivity (Wildman–Crippen MR) is 62.3 cm³/mol. The first kappa shape index (κ1) is 10.8. The number of aryl methyl sites for hydroxylation is 2. The fraction of sp³-hybridized carbons (Fsp3) is 0.417. The highest BCUT2D eigenvalue weighted by Crippen LogP contribution is 2.30. The van der Waals surface area contributed by atoms with Gasteiger partial charge in [-0.2, -0.15) is 0 Å². The van der Waals surface area contributed by atoms with Crippen LogP contribution in [0.1, 0.15) is 36.5 Å². The van der Waals surface area contributed by atoms with Gasteiger partial charge in [-0.3, -0.25) is 0 Å². The SMILES string of the molecule is Cc1cc(C)c(/N=C\N)c(C(C)C)c1. The molecular formula is C12H18N2. The van der Waals surface area contributed by atoms with Gasteiger partial charge in [-0.15, -0.1) is 0 Å². The van der Waals surface area contributed by atoms with Crippen LogP contribution in [0.15, 0.2) is 17.1 Å². The van der Waals surface area contributed by atoms with Crippen LogP contribution in [0.3, 0.4) is 0 Å². The summed E-state index contributed by atoms with van der Waals surface area (Å²) >= 11 is 0. The van der Waals surface area contributed by atoms with Crippen molar-refractivity contribution in [2.45, 2.75) is 33.6 Å². The van der Waals surface area contributed by atoms with Crippen LogP contribution in [-0.2, 0) is 0 Å². The number of rotatable bonds is 2. The number of aliphatic imine (C=N–C) groups is 1. The first-order valence-electron chi connectivity index (χ1n) is 4.91. The van der Waals surface area contributed by atoms with Crippen molar-refractivity contribution in [2.24, 2.45) is 10.7 Å². The van der Waals surface area contributed by atoms with E-state index in [2.05, 4.69) is 44.8 Å². The quantitative estimate of drug-likeness (QED) is 0.565. The number of benzene rings is 1. The standard InChI is InChI=1S/C12H18N2/c1-8(2)11-6-9(3)5-10(4)12(11)14-7-13/h5-8H,1-4H3,(H2,13,14). The molecule has 0 spiro atoms. The van der Waals surface area contributed by atoms with Gasteiger partial charge in [0, 0.05) is 0 Å². The van der Waals surface area contributed by atoms with Crippen LogP contribution in [0.2, 0.25) is 0 Å². The molecule has 1 aromatic carbocycles. The van der Waals surface area contributed by atoms with Crippen molar-refractivity contribution >= 4 is 12.0 Å². The Morgan fingerprint density at radius 3 is 2.43 bits per heavy atom. The number of nitrogens with two attached hydrogens (primary N) is 1. The largest absolute Gasteiger partial charge is 0.390 e. The summed E-state index contributed by atoms with van der Waals surface area (Å²) in [4.78, 5) is 4.22. The van der Waals surface area contributed by atoms with Crippen LogP contribution in [0.5, 0.6) is 0 Å². The Morgan fingerprint density at radius 2 is 1.93 bits per heavy atom. The lowest BCUT2D eigenvalue weighted by atomic mass is 9.96. The summed E-state index contributed by atoms with van der Waals surface area (Å²) in [6.07, 6.45) is 1.36. The summed E-state index contributed by atoms with van der Waals surface area (Å²) in [7, 11) is 0. The van der Waals surface area contributed by atoms with Crippen LogP contribution in [0, 0.1) is 13.8 Å². The summed E-state index contributed by atoms with van der Waals surface area (Å²) < 4.78 is 0. The Kier molecular flexibility index (Phi) is 3.28. The lowest BCUT2D eigenvalue weighted by molar-refractivity contribution is 0.863. The van der Waals surface area contributed by atoms with Gasteiger partial charge >= 0.3 is 0 Å². The molecule has 76 valence electrons. The van der Waals surface area contributed by atoms with Gasteiger partial charge in [-0.25, -0.2) is 4.99 Å². The molecule has 2 heteroatoms. The molecule has 1 aromatic rings. The average molecular weight is 190 g/mol. The van der Waals surface area contributed by atoms with Crippen LogP contribution in [-0.4, -0.2) is 6.34 Å². The van der Waals surface area contributed by atoms with Crippen molar-refractivity contribution in [3.8, 4) is 0 Å². The Balaban J connectivity index is 3.36. The van der Waals surface area contributed by atoms with E-state index in [9.17, 15) is 0 Å². The van der Waals surface area contributed by atoms with Gasteiger partial charge in [0.25, 0.3) is 0 Å². The molecule has 0 aliphatic carbocycles. The summed E-state index contributed by atoms with van der Waals surface area (Å²) in [5, 5.41) is 0. The molecule has 2 N–H and O–H groups in total. The van der Waals surface area contributed by atoms with Crippen LogP contribution in [0.25, 0.3) is 0 Å². The van der Waals surface area contributed by atoms with Gasteiger partial charge < -0.3 is 5.73 Å². The second kappa shape index (κ2) is 4.27. The lowest BCUT2D eigenvalue weighted by Crippen LogP contribution is -1.95. The van der Waals surface area contributed by atoms with E-state index in [0.717, 1.165) is 5.69 Å². The minimum atomic E-state index is 0.479. The number of hydrogen-bond acceptors (Lipinski definition) is 1. The maximum Gasteiger partial charge on any atom is 0.0860 e.